The number of hydrogen-bond donors (Lipinski definition) is 0. The van der Waals surface area contributed by atoms with Crippen LogP contribution in [0, 0.1) is 0 Å². The Hall–Kier alpha value is -5.47. The molecule has 2 aliphatic heterocycles. The molecule has 0 aliphatic carbocycles. The third-order valence-corrected chi connectivity index (χ3v) is 10.7. The van der Waals surface area contributed by atoms with E-state index in [4.69, 9.17) is 0 Å². The lowest BCUT2D eigenvalue weighted by atomic mass is 9.35. The van der Waals surface area contributed by atoms with Crippen molar-refractivity contribution in [2.45, 2.75) is 0 Å². The summed E-state index contributed by atoms with van der Waals surface area (Å²) in [6, 6.07) is 54.6. The van der Waals surface area contributed by atoms with Gasteiger partial charge in [0.15, 0.2) is 0 Å². The molecule has 8 aromatic carbocycles. The van der Waals surface area contributed by atoms with E-state index >= 15 is 0 Å². The van der Waals surface area contributed by atoms with Gasteiger partial charge in [-0.05, 0) is 56.7 Å². The fourth-order valence-corrected chi connectivity index (χ4v) is 8.75. The van der Waals surface area contributed by atoms with Crippen LogP contribution in [0.4, 0.5) is 22.7 Å². The summed E-state index contributed by atoms with van der Waals surface area (Å²) in [7, 11) is 4.48. The maximum Gasteiger partial charge on any atom is 0.244 e. The first-order chi connectivity index (χ1) is 22.7. The van der Waals surface area contributed by atoms with Crippen molar-refractivity contribution in [1.82, 2.24) is 0 Å². The highest BCUT2D eigenvalue weighted by molar-refractivity contribution is 6.99. The Morgan fingerprint density at radius 2 is 0.739 bits per heavy atom. The Morgan fingerprint density at radius 1 is 0.348 bits per heavy atom. The molecule has 0 amide bonds. The van der Waals surface area contributed by atoms with E-state index in [1.165, 1.54) is 87.8 Å². The largest absolute Gasteiger partial charge is 0.345 e. The fraction of sp³-hybridized carbons (Fsp3) is 0.0476. The van der Waals surface area contributed by atoms with Gasteiger partial charge in [-0.15, -0.1) is 0 Å². The molecule has 0 bridgehead atoms. The third kappa shape index (κ3) is 3.39. The highest BCUT2D eigenvalue weighted by Crippen LogP contribution is 2.44. The molecule has 10 rings (SSSR count). The molecule has 0 spiro atoms. The van der Waals surface area contributed by atoms with Crippen molar-refractivity contribution in [2.24, 2.45) is 0 Å². The van der Waals surface area contributed by atoms with Gasteiger partial charge in [0.1, 0.15) is 0 Å². The zero-order valence-corrected chi connectivity index (χ0v) is 25.9. The lowest BCUT2D eigenvalue weighted by Gasteiger charge is -2.26. The van der Waals surface area contributed by atoms with Crippen LogP contribution in [0.1, 0.15) is 0 Å². The molecule has 0 saturated carbocycles. The molecule has 214 valence electrons. The number of rotatable bonds is 2. The standard InChI is InChI=1S/C42H30B2N2/c1-45-35-19-11-9-17-31(35)43(29-13-5-3-6-14-29)33-25-28-22-24-38-42-34(26-27-21-23-37(45)41(33)39(27)40(28)42)44(30-15-7-4-8-16-30)32-18-10-12-20-36(32)46(38)2/h3-26H,1-2H3. The maximum atomic E-state index is 2.51. The molecular weight excluding hydrogens is 554 g/mol. The van der Waals surface area contributed by atoms with E-state index in [9.17, 15) is 0 Å². The molecule has 0 saturated heterocycles. The zero-order chi connectivity index (χ0) is 30.5. The van der Waals surface area contributed by atoms with Crippen molar-refractivity contribution >= 4 is 101 Å². The molecule has 0 aromatic heterocycles. The molecule has 2 aliphatic rings. The molecule has 0 radical (unpaired) electrons. The molecule has 0 N–H and O–H groups in total. The highest BCUT2D eigenvalue weighted by atomic mass is 15.1. The second-order valence-electron chi connectivity index (χ2n) is 13.0. The quantitative estimate of drug-likeness (QED) is 0.188. The number of benzene rings is 8. The van der Waals surface area contributed by atoms with Crippen LogP contribution in [-0.2, 0) is 0 Å². The average Bonchev–Trinajstić information content (AvgIpc) is 3.29. The molecule has 8 aromatic rings. The molecular formula is C42H30B2N2. The Bertz CT molecular complexity index is 2300. The summed E-state index contributed by atoms with van der Waals surface area (Å²) in [6.07, 6.45) is 0. The normalized spacial score (nSPS) is 13.7. The molecule has 0 atom stereocenters. The van der Waals surface area contributed by atoms with Crippen molar-refractivity contribution in [3.63, 3.8) is 0 Å². The van der Waals surface area contributed by atoms with Crippen molar-refractivity contribution in [1.29, 1.82) is 0 Å². The van der Waals surface area contributed by atoms with E-state index in [1.54, 1.807) is 0 Å². The Labute approximate surface area is 270 Å². The van der Waals surface area contributed by atoms with Crippen LogP contribution in [0.3, 0.4) is 0 Å². The lowest BCUT2D eigenvalue weighted by Crippen LogP contribution is -2.52. The van der Waals surface area contributed by atoms with Crippen molar-refractivity contribution in [3.8, 4) is 0 Å². The average molecular weight is 584 g/mol. The molecule has 2 nitrogen and oxygen atoms in total. The number of para-hydroxylation sites is 2. The summed E-state index contributed by atoms with van der Waals surface area (Å²) in [5.74, 6) is 0. The second kappa shape index (κ2) is 9.52. The van der Waals surface area contributed by atoms with Gasteiger partial charge in [-0.2, -0.15) is 0 Å². The number of fused-ring (bicyclic) bond motifs is 2. The molecule has 46 heavy (non-hydrogen) atoms. The predicted molar refractivity (Wildman–Crippen MR) is 201 cm³/mol. The monoisotopic (exact) mass is 584 g/mol. The van der Waals surface area contributed by atoms with Gasteiger partial charge in [0, 0.05) is 47.6 Å². The van der Waals surface area contributed by atoms with Gasteiger partial charge in [-0.3, -0.25) is 0 Å². The maximum absolute atomic E-state index is 2.51. The molecule has 2 heterocycles. The molecule has 4 heteroatoms. The number of nitrogens with zero attached hydrogens (tertiary/aromatic N) is 2. The van der Waals surface area contributed by atoms with Crippen LogP contribution in [0.5, 0.6) is 0 Å². The van der Waals surface area contributed by atoms with Gasteiger partial charge in [0.05, 0.1) is 0 Å². The van der Waals surface area contributed by atoms with Crippen LogP contribution in [0.25, 0.3) is 32.3 Å². The fourth-order valence-electron chi connectivity index (χ4n) is 8.75. The van der Waals surface area contributed by atoms with Gasteiger partial charge in [-0.25, -0.2) is 0 Å². The van der Waals surface area contributed by atoms with Crippen molar-refractivity contribution in [2.75, 3.05) is 23.9 Å². The van der Waals surface area contributed by atoms with Crippen molar-refractivity contribution in [3.05, 3.63) is 146 Å². The Balaban J connectivity index is 1.39. The second-order valence-corrected chi connectivity index (χ2v) is 13.0. The first kappa shape index (κ1) is 25.8. The Morgan fingerprint density at radius 3 is 1.17 bits per heavy atom. The van der Waals surface area contributed by atoms with Crippen LogP contribution in [-0.4, -0.2) is 27.5 Å². The lowest BCUT2D eigenvalue weighted by molar-refractivity contribution is 1.23. The summed E-state index contributed by atoms with van der Waals surface area (Å²) < 4.78 is 0. The minimum Gasteiger partial charge on any atom is -0.345 e. The number of anilines is 4. The van der Waals surface area contributed by atoms with Crippen LogP contribution >= 0.6 is 0 Å². The van der Waals surface area contributed by atoms with Gasteiger partial charge < -0.3 is 9.80 Å². The molecule has 0 unspecified atom stereocenters. The van der Waals surface area contributed by atoms with Gasteiger partial charge in [0.25, 0.3) is 0 Å². The summed E-state index contributed by atoms with van der Waals surface area (Å²) in [5.41, 5.74) is 13.1. The first-order valence-electron chi connectivity index (χ1n) is 16.2. The van der Waals surface area contributed by atoms with Gasteiger partial charge in [0.2, 0.25) is 13.4 Å². The topological polar surface area (TPSA) is 6.48 Å². The predicted octanol–water partition coefficient (Wildman–Crippen LogP) is 5.78. The third-order valence-electron chi connectivity index (χ3n) is 10.7. The Kier molecular flexibility index (Phi) is 5.34. The summed E-state index contributed by atoms with van der Waals surface area (Å²) in [4.78, 5) is 4.84. The van der Waals surface area contributed by atoms with Crippen LogP contribution in [0.15, 0.2) is 146 Å². The minimum absolute atomic E-state index is 0.119. The SMILES string of the molecule is CN1c2ccccc2B(c2ccccc2)c2cc3ccc4c5c(cc6ccc1c2c6c35)B(c1ccccc1)c1ccccc1N4C. The van der Waals surface area contributed by atoms with E-state index < -0.39 is 0 Å². The summed E-state index contributed by atoms with van der Waals surface area (Å²) in [6.45, 7) is 0.239. The van der Waals surface area contributed by atoms with E-state index in [-0.39, 0.29) is 13.4 Å². The minimum atomic E-state index is 0.119. The highest BCUT2D eigenvalue weighted by Gasteiger charge is 2.36. The van der Waals surface area contributed by atoms with Crippen LogP contribution < -0.4 is 42.6 Å². The van der Waals surface area contributed by atoms with Gasteiger partial charge in [-0.1, -0.05) is 143 Å². The zero-order valence-electron chi connectivity index (χ0n) is 25.9. The smallest absolute Gasteiger partial charge is 0.244 e. The van der Waals surface area contributed by atoms with Gasteiger partial charge >= 0.3 is 0 Å². The first-order valence-corrected chi connectivity index (χ1v) is 16.2. The van der Waals surface area contributed by atoms with E-state index in [2.05, 4.69) is 169 Å². The summed E-state index contributed by atoms with van der Waals surface area (Å²) in [5, 5.41) is 8.08. The van der Waals surface area contributed by atoms with Crippen LogP contribution in [0.2, 0.25) is 0 Å². The van der Waals surface area contributed by atoms with E-state index in [0.29, 0.717) is 0 Å². The van der Waals surface area contributed by atoms with E-state index in [0.717, 1.165) is 0 Å². The van der Waals surface area contributed by atoms with E-state index in [1.807, 2.05) is 0 Å². The summed E-state index contributed by atoms with van der Waals surface area (Å²) >= 11 is 0. The number of hydrogen-bond acceptors (Lipinski definition) is 2. The van der Waals surface area contributed by atoms with Crippen molar-refractivity contribution < 1.29 is 0 Å². The molecule has 0 fully saturated rings.